The van der Waals surface area contributed by atoms with E-state index in [2.05, 4.69) is 0 Å². The van der Waals surface area contributed by atoms with Crippen LogP contribution in [0, 0.1) is 5.92 Å². The molecule has 41 heavy (non-hydrogen) atoms. The maximum atomic E-state index is 13.5. The largest absolute Gasteiger partial charge is 0.493 e. The summed E-state index contributed by atoms with van der Waals surface area (Å²) in [7, 11) is 1.54. The Morgan fingerprint density at radius 2 is 1.83 bits per heavy atom. The number of nitrogens with zero attached hydrogens (tertiary/aromatic N) is 2. The molecule has 0 radical (unpaired) electrons. The summed E-state index contributed by atoms with van der Waals surface area (Å²) in [6.07, 6.45) is 2.60. The molecule has 11 nitrogen and oxygen atoms in total. The molecule has 3 atom stereocenters. The molecule has 3 heterocycles. The number of hydrogen-bond donors (Lipinski definition) is 1. The Balaban J connectivity index is 1.45. The van der Waals surface area contributed by atoms with Crippen LogP contribution in [-0.2, 0) is 20.8 Å². The highest BCUT2D eigenvalue weighted by molar-refractivity contribution is 5.78. The molecular formula is C30H38N2O9. The van der Waals surface area contributed by atoms with Gasteiger partial charge in [0.15, 0.2) is 23.0 Å². The third kappa shape index (κ3) is 6.01. The summed E-state index contributed by atoms with van der Waals surface area (Å²) in [5.74, 6) is 0.603. The second-order valence-electron chi connectivity index (χ2n) is 10.4. The number of carboxylic acid groups (broad SMARTS) is 1. The van der Waals surface area contributed by atoms with Crippen molar-refractivity contribution in [3.63, 3.8) is 0 Å². The zero-order valence-electron chi connectivity index (χ0n) is 23.8. The number of fused-ring (bicyclic) bond motifs is 2. The molecule has 2 aromatic rings. The van der Waals surface area contributed by atoms with Gasteiger partial charge in [-0.2, -0.15) is 0 Å². The van der Waals surface area contributed by atoms with Gasteiger partial charge in [-0.05, 0) is 55.0 Å². The van der Waals surface area contributed by atoms with Crippen molar-refractivity contribution in [3.8, 4) is 28.7 Å². The van der Waals surface area contributed by atoms with Gasteiger partial charge >= 0.3 is 5.97 Å². The number of ether oxygens (including phenoxy) is 5. The summed E-state index contributed by atoms with van der Waals surface area (Å²) in [5.41, 5.74) is 1.71. The van der Waals surface area contributed by atoms with Gasteiger partial charge < -0.3 is 28.8 Å². The van der Waals surface area contributed by atoms with Crippen molar-refractivity contribution < 1.29 is 43.2 Å². The van der Waals surface area contributed by atoms with E-state index in [1.165, 1.54) is 5.06 Å². The van der Waals surface area contributed by atoms with Crippen LogP contribution in [0.5, 0.6) is 28.7 Å². The minimum absolute atomic E-state index is 0.0445. The Labute approximate surface area is 239 Å². The second kappa shape index (κ2) is 12.9. The van der Waals surface area contributed by atoms with Gasteiger partial charge in [0.2, 0.25) is 19.3 Å². The van der Waals surface area contributed by atoms with E-state index in [0.29, 0.717) is 61.3 Å². The monoisotopic (exact) mass is 570 g/mol. The maximum absolute atomic E-state index is 13.5. The first kappa shape index (κ1) is 28.8. The fraction of sp³-hybridized carbons (Fsp3) is 0.533. The van der Waals surface area contributed by atoms with Gasteiger partial charge in [0.05, 0.1) is 26.2 Å². The Hall–Kier alpha value is -3.70. The topological polar surface area (TPSA) is 116 Å². The molecule has 0 aromatic heterocycles. The third-order valence-corrected chi connectivity index (χ3v) is 7.82. The van der Waals surface area contributed by atoms with E-state index in [9.17, 15) is 14.7 Å². The van der Waals surface area contributed by atoms with Crippen LogP contribution in [-0.4, -0.2) is 79.9 Å². The smallest absolute Gasteiger partial charge is 0.308 e. The summed E-state index contributed by atoms with van der Waals surface area (Å²) in [6.45, 7) is 5.53. The summed E-state index contributed by atoms with van der Waals surface area (Å²) < 4.78 is 28.0. The van der Waals surface area contributed by atoms with E-state index in [-0.39, 0.29) is 26.0 Å². The second-order valence-corrected chi connectivity index (χ2v) is 10.4. The summed E-state index contributed by atoms with van der Waals surface area (Å²) in [5, 5.41) is 12.0. The maximum Gasteiger partial charge on any atom is 0.308 e. The highest BCUT2D eigenvalue weighted by Gasteiger charge is 2.47. The molecule has 3 aliphatic rings. The Morgan fingerprint density at radius 3 is 2.56 bits per heavy atom. The number of methoxy groups -OCH3 is 1. The van der Waals surface area contributed by atoms with Gasteiger partial charge in [0.1, 0.15) is 0 Å². The standard InChI is InChI=1S/C30H38N2O9/c1-4-11-32(41-12-5-2)26(33)16-31-15-21(20-13-24(36-3)29-25(14-20)38-18-40-29)27(30(34)35)22(31)10-9-19-7-6-8-23-28(19)39-17-37-23/h6-8,13-14,21-22,27H,4-5,9-12,15-18H2,1-3H3,(H,34,35)/t21-,22+,27-/m1/s1. The molecule has 11 heteroatoms. The van der Waals surface area contributed by atoms with Gasteiger partial charge in [-0.25, -0.2) is 5.06 Å². The normalized spacial score (nSPS) is 20.8. The molecule has 0 aliphatic carbocycles. The molecule has 222 valence electrons. The van der Waals surface area contributed by atoms with Crippen LogP contribution in [0.25, 0.3) is 0 Å². The first-order valence-corrected chi connectivity index (χ1v) is 14.2. The van der Waals surface area contributed by atoms with Crippen LogP contribution >= 0.6 is 0 Å². The first-order chi connectivity index (χ1) is 19.9. The van der Waals surface area contributed by atoms with Crippen molar-refractivity contribution >= 4 is 11.9 Å². The van der Waals surface area contributed by atoms with Crippen molar-refractivity contribution in [2.75, 3.05) is 46.9 Å². The number of aliphatic carboxylic acids is 1. The minimum Gasteiger partial charge on any atom is -0.493 e. The van der Waals surface area contributed by atoms with E-state index >= 15 is 0 Å². The Kier molecular flexibility index (Phi) is 9.04. The van der Waals surface area contributed by atoms with Crippen LogP contribution in [0.15, 0.2) is 30.3 Å². The van der Waals surface area contributed by atoms with Gasteiger partial charge in [-0.1, -0.05) is 26.0 Å². The average molecular weight is 571 g/mol. The fourth-order valence-corrected chi connectivity index (χ4v) is 5.96. The average Bonchev–Trinajstić information content (AvgIpc) is 3.72. The number of aryl methyl sites for hydroxylation is 1. The van der Waals surface area contributed by atoms with Gasteiger partial charge in [-0.15, -0.1) is 0 Å². The van der Waals surface area contributed by atoms with E-state index in [1.807, 2.05) is 49.1 Å². The van der Waals surface area contributed by atoms with Crippen molar-refractivity contribution in [1.29, 1.82) is 0 Å². The first-order valence-electron chi connectivity index (χ1n) is 14.2. The zero-order valence-corrected chi connectivity index (χ0v) is 23.8. The zero-order chi connectivity index (χ0) is 28.9. The molecule has 2 aromatic carbocycles. The Morgan fingerprint density at radius 1 is 1.05 bits per heavy atom. The van der Waals surface area contributed by atoms with Gasteiger partial charge in [0.25, 0.3) is 5.91 Å². The van der Waals surface area contributed by atoms with Crippen LogP contribution in [0.4, 0.5) is 0 Å². The lowest BCUT2D eigenvalue weighted by atomic mass is 9.83. The number of rotatable bonds is 13. The lowest BCUT2D eigenvalue weighted by molar-refractivity contribution is -0.188. The van der Waals surface area contributed by atoms with E-state index in [1.54, 1.807) is 7.11 Å². The number of hydrogen-bond acceptors (Lipinski definition) is 9. The molecule has 5 rings (SSSR count). The van der Waals surface area contributed by atoms with Crippen LogP contribution in [0.2, 0.25) is 0 Å². The van der Waals surface area contributed by atoms with E-state index < -0.39 is 23.8 Å². The predicted molar refractivity (Wildman–Crippen MR) is 147 cm³/mol. The minimum atomic E-state index is -0.919. The molecular weight excluding hydrogens is 532 g/mol. The highest BCUT2D eigenvalue weighted by Crippen LogP contribution is 2.47. The molecule has 1 N–H and O–H groups in total. The summed E-state index contributed by atoms with van der Waals surface area (Å²) >= 11 is 0. The van der Waals surface area contributed by atoms with Crippen molar-refractivity contribution in [2.24, 2.45) is 5.92 Å². The van der Waals surface area contributed by atoms with E-state index in [4.69, 9.17) is 28.5 Å². The van der Waals surface area contributed by atoms with Gasteiger partial charge in [0, 0.05) is 25.0 Å². The number of carbonyl (C=O) groups is 2. The number of carbonyl (C=O) groups excluding carboxylic acids is 1. The van der Waals surface area contributed by atoms with Crippen molar-refractivity contribution in [1.82, 2.24) is 9.96 Å². The molecule has 0 saturated carbocycles. The van der Waals surface area contributed by atoms with Crippen molar-refractivity contribution in [3.05, 3.63) is 41.5 Å². The number of para-hydroxylation sites is 1. The number of amides is 1. The fourth-order valence-electron chi connectivity index (χ4n) is 5.96. The van der Waals surface area contributed by atoms with Gasteiger partial charge in [-0.3, -0.25) is 19.3 Å². The molecule has 3 aliphatic heterocycles. The molecule has 0 spiro atoms. The van der Waals surface area contributed by atoms with Crippen LogP contribution < -0.4 is 23.7 Å². The SMILES string of the molecule is CCCON(CCC)C(=O)CN1C[C@H](c2cc(OC)c3c(c2)OCO3)[C@@H](C(=O)O)[C@@H]1CCc1cccc2c1OCO2. The van der Waals surface area contributed by atoms with Crippen molar-refractivity contribution in [2.45, 2.75) is 51.5 Å². The molecule has 1 fully saturated rings. The number of hydroxylamine groups is 2. The Bertz CT molecular complexity index is 1250. The lowest BCUT2D eigenvalue weighted by Crippen LogP contribution is -2.44. The molecule has 1 saturated heterocycles. The highest BCUT2D eigenvalue weighted by atomic mass is 16.7. The van der Waals surface area contributed by atoms with Crippen LogP contribution in [0.3, 0.4) is 0 Å². The quantitative estimate of drug-likeness (QED) is 0.356. The number of likely N-dealkylation sites (tertiary alicyclic amines) is 1. The summed E-state index contributed by atoms with van der Waals surface area (Å²) in [6, 6.07) is 8.95. The lowest BCUT2D eigenvalue weighted by Gasteiger charge is -2.29. The third-order valence-electron chi connectivity index (χ3n) is 7.82. The molecule has 0 unspecified atom stereocenters. The number of carboxylic acids is 1. The van der Waals surface area contributed by atoms with Crippen LogP contribution in [0.1, 0.15) is 50.2 Å². The summed E-state index contributed by atoms with van der Waals surface area (Å²) in [4.78, 5) is 34.1. The molecule has 0 bridgehead atoms. The predicted octanol–water partition coefficient (Wildman–Crippen LogP) is 3.83. The molecule has 1 amide bonds. The van der Waals surface area contributed by atoms with E-state index in [0.717, 1.165) is 24.0 Å². The number of benzene rings is 2.